The second-order valence-electron chi connectivity index (χ2n) is 4.37. The molecule has 18 heavy (non-hydrogen) atoms. The summed E-state index contributed by atoms with van der Waals surface area (Å²) in [5.41, 5.74) is 0.783. The van der Waals surface area contributed by atoms with Crippen LogP contribution in [0.1, 0.15) is 41.6 Å². The molecule has 5 heteroatoms. The number of aromatic carboxylic acids is 1. The van der Waals surface area contributed by atoms with Gasteiger partial charge in [-0.3, -0.25) is 4.98 Å². The van der Waals surface area contributed by atoms with E-state index in [2.05, 4.69) is 23.8 Å². The summed E-state index contributed by atoms with van der Waals surface area (Å²) in [6.45, 7) is 4.53. The summed E-state index contributed by atoms with van der Waals surface area (Å²) < 4.78 is 1.93. The molecule has 2 aromatic rings. The Morgan fingerprint density at radius 2 is 2.17 bits per heavy atom. The van der Waals surface area contributed by atoms with Gasteiger partial charge in [-0.1, -0.05) is 13.8 Å². The molecule has 0 fully saturated rings. The SMILES string of the molecule is CC(C)c1nccn1Cc1ncccc1C(=O)O. The number of hydrogen-bond donors (Lipinski definition) is 1. The molecule has 0 unspecified atom stereocenters. The van der Waals surface area contributed by atoms with Gasteiger partial charge in [-0.25, -0.2) is 9.78 Å². The fraction of sp³-hybridized carbons (Fsp3) is 0.308. The Balaban J connectivity index is 2.34. The average molecular weight is 245 g/mol. The van der Waals surface area contributed by atoms with E-state index in [0.717, 1.165) is 5.82 Å². The molecule has 0 aromatic carbocycles. The van der Waals surface area contributed by atoms with E-state index >= 15 is 0 Å². The number of carboxylic acid groups (broad SMARTS) is 1. The molecule has 0 atom stereocenters. The zero-order chi connectivity index (χ0) is 13.1. The smallest absolute Gasteiger partial charge is 0.337 e. The molecule has 5 nitrogen and oxygen atoms in total. The second kappa shape index (κ2) is 5.00. The molecular formula is C13H15N3O2. The fourth-order valence-electron chi connectivity index (χ4n) is 1.88. The summed E-state index contributed by atoms with van der Waals surface area (Å²) in [4.78, 5) is 19.5. The van der Waals surface area contributed by atoms with E-state index in [0.29, 0.717) is 12.2 Å². The first-order valence-corrected chi connectivity index (χ1v) is 5.77. The Morgan fingerprint density at radius 3 is 2.83 bits per heavy atom. The lowest BCUT2D eigenvalue weighted by atomic mass is 10.1. The van der Waals surface area contributed by atoms with Gasteiger partial charge in [0, 0.05) is 24.5 Å². The van der Waals surface area contributed by atoms with Crippen molar-refractivity contribution in [3.05, 3.63) is 47.8 Å². The Labute approximate surface area is 105 Å². The number of nitrogens with zero attached hydrogens (tertiary/aromatic N) is 3. The van der Waals surface area contributed by atoms with Crippen LogP contribution in [0.4, 0.5) is 0 Å². The summed E-state index contributed by atoms with van der Waals surface area (Å²) in [5.74, 6) is 0.262. The van der Waals surface area contributed by atoms with Crippen LogP contribution in [-0.4, -0.2) is 25.6 Å². The standard InChI is InChI=1S/C13H15N3O2/c1-9(2)12-15-6-7-16(12)8-11-10(13(17)18)4-3-5-14-11/h3-7,9H,8H2,1-2H3,(H,17,18). The number of carbonyl (C=O) groups is 1. The van der Waals surface area contributed by atoms with E-state index in [4.69, 9.17) is 5.11 Å². The third-order valence-electron chi connectivity index (χ3n) is 2.70. The van der Waals surface area contributed by atoms with Crippen LogP contribution in [0.15, 0.2) is 30.7 Å². The van der Waals surface area contributed by atoms with Gasteiger partial charge in [0.25, 0.3) is 0 Å². The topological polar surface area (TPSA) is 68.0 Å². The van der Waals surface area contributed by atoms with Gasteiger partial charge < -0.3 is 9.67 Å². The molecule has 0 spiro atoms. The first-order valence-electron chi connectivity index (χ1n) is 5.77. The quantitative estimate of drug-likeness (QED) is 0.896. The van der Waals surface area contributed by atoms with Crippen molar-refractivity contribution in [3.8, 4) is 0 Å². The molecule has 0 saturated carbocycles. The van der Waals surface area contributed by atoms with E-state index < -0.39 is 5.97 Å². The van der Waals surface area contributed by atoms with Gasteiger partial charge in [-0.15, -0.1) is 0 Å². The van der Waals surface area contributed by atoms with Crippen LogP contribution in [-0.2, 0) is 6.54 Å². The van der Waals surface area contributed by atoms with Crippen LogP contribution >= 0.6 is 0 Å². The Morgan fingerprint density at radius 1 is 1.39 bits per heavy atom. The van der Waals surface area contributed by atoms with Crippen LogP contribution in [0, 0.1) is 0 Å². The number of carboxylic acids is 1. The van der Waals surface area contributed by atoms with E-state index in [9.17, 15) is 4.79 Å². The highest BCUT2D eigenvalue weighted by Gasteiger charge is 2.13. The molecule has 0 amide bonds. The number of imidazole rings is 1. The predicted molar refractivity (Wildman–Crippen MR) is 66.6 cm³/mol. The molecule has 94 valence electrons. The summed E-state index contributed by atoms with van der Waals surface area (Å²) in [6.07, 6.45) is 5.17. The van der Waals surface area contributed by atoms with Gasteiger partial charge in [-0.2, -0.15) is 0 Å². The molecule has 0 radical (unpaired) electrons. The maximum atomic E-state index is 11.1. The predicted octanol–water partition coefficient (Wildman–Crippen LogP) is 2.15. The zero-order valence-corrected chi connectivity index (χ0v) is 10.4. The number of rotatable bonds is 4. The van der Waals surface area contributed by atoms with E-state index in [1.165, 1.54) is 0 Å². The van der Waals surface area contributed by atoms with Gasteiger partial charge in [-0.05, 0) is 12.1 Å². The minimum absolute atomic E-state index is 0.237. The van der Waals surface area contributed by atoms with Crippen LogP contribution in [0.3, 0.4) is 0 Å². The molecule has 1 N–H and O–H groups in total. The van der Waals surface area contributed by atoms with Gasteiger partial charge in [0.1, 0.15) is 5.82 Å². The monoisotopic (exact) mass is 245 g/mol. The normalized spacial score (nSPS) is 10.8. The molecule has 0 aliphatic heterocycles. The average Bonchev–Trinajstić information content (AvgIpc) is 2.77. The lowest BCUT2D eigenvalue weighted by molar-refractivity contribution is 0.0695. The highest BCUT2D eigenvalue weighted by molar-refractivity contribution is 5.88. The fourth-order valence-corrected chi connectivity index (χ4v) is 1.88. The molecule has 2 heterocycles. The Kier molecular flexibility index (Phi) is 3.41. The van der Waals surface area contributed by atoms with Crippen LogP contribution in [0.5, 0.6) is 0 Å². The third-order valence-corrected chi connectivity index (χ3v) is 2.70. The summed E-state index contributed by atoms with van der Waals surface area (Å²) in [7, 11) is 0. The Bertz CT molecular complexity index is 561. The third kappa shape index (κ3) is 2.40. The van der Waals surface area contributed by atoms with Gasteiger partial charge in [0.05, 0.1) is 17.8 Å². The molecule has 2 rings (SSSR count). The van der Waals surface area contributed by atoms with Crippen molar-refractivity contribution in [1.29, 1.82) is 0 Å². The van der Waals surface area contributed by atoms with Gasteiger partial charge >= 0.3 is 5.97 Å². The number of pyridine rings is 1. The summed E-state index contributed by atoms with van der Waals surface area (Å²) in [5, 5.41) is 9.11. The second-order valence-corrected chi connectivity index (χ2v) is 4.37. The molecule has 0 aliphatic carbocycles. The van der Waals surface area contributed by atoms with Crippen LogP contribution in [0.25, 0.3) is 0 Å². The molecule has 0 saturated heterocycles. The highest BCUT2D eigenvalue weighted by atomic mass is 16.4. The maximum absolute atomic E-state index is 11.1. The minimum Gasteiger partial charge on any atom is -0.478 e. The molecule has 2 aromatic heterocycles. The zero-order valence-electron chi connectivity index (χ0n) is 10.4. The first kappa shape index (κ1) is 12.3. The van der Waals surface area contributed by atoms with Crippen molar-refractivity contribution < 1.29 is 9.90 Å². The number of hydrogen-bond acceptors (Lipinski definition) is 3. The minimum atomic E-state index is -0.954. The summed E-state index contributed by atoms with van der Waals surface area (Å²) >= 11 is 0. The van der Waals surface area contributed by atoms with E-state index in [-0.39, 0.29) is 11.5 Å². The molecule has 0 aliphatic rings. The first-order chi connectivity index (χ1) is 8.59. The lowest BCUT2D eigenvalue weighted by Crippen LogP contribution is -2.11. The molecular weight excluding hydrogens is 230 g/mol. The van der Waals surface area contributed by atoms with Crippen molar-refractivity contribution >= 4 is 5.97 Å². The highest BCUT2D eigenvalue weighted by Crippen LogP contribution is 2.14. The van der Waals surface area contributed by atoms with Gasteiger partial charge in [0.2, 0.25) is 0 Å². The van der Waals surface area contributed by atoms with Gasteiger partial charge in [0.15, 0.2) is 0 Å². The molecule has 0 bridgehead atoms. The van der Waals surface area contributed by atoms with Crippen molar-refractivity contribution in [3.63, 3.8) is 0 Å². The van der Waals surface area contributed by atoms with Crippen LogP contribution in [0.2, 0.25) is 0 Å². The maximum Gasteiger partial charge on any atom is 0.337 e. The largest absolute Gasteiger partial charge is 0.478 e. The van der Waals surface area contributed by atoms with E-state index in [1.807, 2.05) is 10.8 Å². The van der Waals surface area contributed by atoms with Crippen molar-refractivity contribution in [2.24, 2.45) is 0 Å². The van der Waals surface area contributed by atoms with Crippen LogP contribution < -0.4 is 0 Å². The lowest BCUT2D eigenvalue weighted by Gasteiger charge is -2.11. The Hall–Kier alpha value is -2.17. The summed E-state index contributed by atoms with van der Waals surface area (Å²) in [6, 6.07) is 3.20. The van der Waals surface area contributed by atoms with Crippen molar-refractivity contribution in [2.45, 2.75) is 26.3 Å². The number of aromatic nitrogens is 3. The van der Waals surface area contributed by atoms with E-state index in [1.54, 1.807) is 24.5 Å². The van der Waals surface area contributed by atoms with Crippen molar-refractivity contribution in [2.75, 3.05) is 0 Å². The van der Waals surface area contributed by atoms with Crippen molar-refractivity contribution in [1.82, 2.24) is 14.5 Å².